The second-order valence-corrected chi connectivity index (χ2v) is 9.02. The highest BCUT2D eigenvalue weighted by atomic mass is 35.5. The summed E-state index contributed by atoms with van der Waals surface area (Å²) in [6.07, 6.45) is 3.68. The smallest absolute Gasteiger partial charge is 0.359 e. The Hall–Kier alpha value is -1.87. The maximum Gasteiger partial charge on any atom is 0.359 e. The number of carbonyl (C=O) groups is 3. The molecule has 3 rings (SSSR count). The molecule has 1 N–H and O–H groups in total. The van der Waals surface area contributed by atoms with Crippen molar-refractivity contribution in [2.75, 3.05) is 19.0 Å². The zero-order chi connectivity index (χ0) is 22.0. The maximum absolute atomic E-state index is 12.4. The summed E-state index contributed by atoms with van der Waals surface area (Å²) in [5, 5.41) is 2.91. The number of hydrogen-bond acceptors (Lipinski definition) is 7. The van der Waals surface area contributed by atoms with Crippen LogP contribution in [0.15, 0.2) is 6.20 Å². The molecular formula is C19H17Cl3N2O5S. The second kappa shape index (κ2) is 9.51. The summed E-state index contributed by atoms with van der Waals surface area (Å²) in [6.45, 7) is 1.54. The molecule has 0 spiro atoms. The molecule has 1 aliphatic carbocycles. The van der Waals surface area contributed by atoms with Crippen molar-refractivity contribution in [3.8, 4) is 0 Å². The lowest BCUT2D eigenvalue weighted by Crippen LogP contribution is -2.22. The average molecular weight is 492 g/mol. The highest BCUT2D eigenvalue weighted by Crippen LogP contribution is 2.40. The molecule has 2 aromatic heterocycles. The van der Waals surface area contributed by atoms with Crippen molar-refractivity contribution in [1.82, 2.24) is 4.98 Å². The average Bonchev–Trinajstić information content (AvgIpc) is 3.06. The lowest BCUT2D eigenvalue weighted by atomic mass is 9.88. The number of nitrogens with one attached hydrogen (secondary N) is 1. The molecule has 0 aliphatic heterocycles. The van der Waals surface area contributed by atoms with Gasteiger partial charge in [0.05, 0.1) is 27.7 Å². The van der Waals surface area contributed by atoms with E-state index >= 15 is 0 Å². The Kier molecular flexibility index (Phi) is 7.23. The number of amides is 1. The van der Waals surface area contributed by atoms with Gasteiger partial charge in [0.2, 0.25) is 0 Å². The number of rotatable bonds is 5. The molecule has 160 valence electrons. The van der Waals surface area contributed by atoms with Gasteiger partial charge < -0.3 is 14.8 Å². The van der Waals surface area contributed by atoms with Crippen LogP contribution in [0.25, 0.3) is 0 Å². The first-order valence-electron chi connectivity index (χ1n) is 8.92. The number of nitrogens with zero attached hydrogens (tertiary/aromatic N) is 1. The minimum atomic E-state index is -0.929. The number of pyridine rings is 1. The molecule has 0 saturated heterocycles. The number of halogens is 3. The molecule has 1 unspecified atom stereocenters. The molecular weight excluding hydrogens is 475 g/mol. The first-order chi connectivity index (χ1) is 14.2. The number of carbonyl (C=O) groups excluding carboxylic acids is 3. The fourth-order valence-corrected chi connectivity index (χ4v) is 5.08. The predicted octanol–water partition coefficient (Wildman–Crippen LogP) is 4.81. The van der Waals surface area contributed by atoms with Crippen molar-refractivity contribution in [3.05, 3.63) is 43.0 Å². The summed E-state index contributed by atoms with van der Waals surface area (Å²) in [6, 6.07) is 0. The van der Waals surface area contributed by atoms with Crippen molar-refractivity contribution < 1.29 is 23.9 Å². The van der Waals surface area contributed by atoms with Crippen LogP contribution in [-0.2, 0) is 27.1 Å². The Morgan fingerprint density at radius 3 is 2.67 bits per heavy atom. The zero-order valence-electron chi connectivity index (χ0n) is 16.0. The van der Waals surface area contributed by atoms with Gasteiger partial charge >= 0.3 is 11.9 Å². The zero-order valence-corrected chi connectivity index (χ0v) is 19.1. The molecule has 0 fully saturated rings. The topological polar surface area (TPSA) is 94.6 Å². The Balaban J connectivity index is 1.72. The lowest BCUT2D eigenvalue weighted by Gasteiger charge is -2.18. The maximum atomic E-state index is 12.4. The molecule has 0 bridgehead atoms. The number of hydrogen-bond donors (Lipinski definition) is 1. The van der Waals surface area contributed by atoms with Crippen molar-refractivity contribution in [3.63, 3.8) is 0 Å². The summed E-state index contributed by atoms with van der Waals surface area (Å²) in [7, 11) is 1.29. The number of aromatic nitrogens is 1. The number of anilines is 1. The second-order valence-electron chi connectivity index (χ2n) is 6.75. The summed E-state index contributed by atoms with van der Waals surface area (Å²) >= 11 is 19.0. The minimum absolute atomic E-state index is 0.0363. The van der Waals surface area contributed by atoms with Crippen LogP contribution in [0.3, 0.4) is 0 Å². The summed E-state index contributed by atoms with van der Waals surface area (Å²) in [5.74, 6) is -1.56. The molecule has 2 heterocycles. The molecule has 2 aromatic rings. The molecule has 7 nitrogen and oxygen atoms in total. The van der Waals surface area contributed by atoms with Gasteiger partial charge in [-0.15, -0.1) is 11.3 Å². The van der Waals surface area contributed by atoms with E-state index in [4.69, 9.17) is 44.3 Å². The van der Waals surface area contributed by atoms with Crippen LogP contribution in [0.1, 0.15) is 44.6 Å². The molecule has 1 amide bonds. The number of ether oxygens (including phenoxy) is 2. The van der Waals surface area contributed by atoms with Gasteiger partial charge in [-0.1, -0.05) is 41.7 Å². The van der Waals surface area contributed by atoms with Crippen LogP contribution in [0.2, 0.25) is 15.1 Å². The van der Waals surface area contributed by atoms with Crippen LogP contribution in [-0.4, -0.2) is 36.5 Å². The van der Waals surface area contributed by atoms with Crippen LogP contribution >= 0.6 is 46.1 Å². The highest BCUT2D eigenvalue weighted by molar-refractivity contribution is 7.17. The van der Waals surface area contributed by atoms with Gasteiger partial charge in [-0.3, -0.25) is 4.79 Å². The van der Waals surface area contributed by atoms with E-state index in [0.29, 0.717) is 16.5 Å². The van der Waals surface area contributed by atoms with E-state index in [1.165, 1.54) is 18.4 Å². The highest BCUT2D eigenvalue weighted by Gasteiger charge is 2.29. The van der Waals surface area contributed by atoms with Crippen LogP contribution in [0.4, 0.5) is 5.00 Å². The monoisotopic (exact) mass is 490 g/mol. The van der Waals surface area contributed by atoms with Crippen molar-refractivity contribution in [1.29, 1.82) is 0 Å². The van der Waals surface area contributed by atoms with Crippen LogP contribution in [0.5, 0.6) is 0 Å². The molecule has 11 heteroatoms. The van der Waals surface area contributed by atoms with Gasteiger partial charge in [0.15, 0.2) is 12.3 Å². The first-order valence-corrected chi connectivity index (χ1v) is 10.9. The Bertz CT molecular complexity index is 1020. The van der Waals surface area contributed by atoms with E-state index in [0.717, 1.165) is 35.9 Å². The fraction of sp³-hybridized carbons (Fsp3) is 0.368. The SMILES string of the molecule is COC(=O)c1c(NC(=O)COC(=O)c2ncc(Cl)c(Cl)c2Cl)sc2c1CCC(C)C2. The first kappa shape index (κ1) is 22.8. The van der Waals surface area contributed by atoms with E-state index in [1.807, 2.05) is 0 Å². The largest absolute Gasteiger partial charge is 0.465 e. The van der Waals surface area contributed by atoms with E-state index in [-0.39, 0.29) is 20.8 Å². The third kappa shape index (κ3) is 4.72. The van der Waals surface area contributed by atoms with Crippen molar-refractivity contribution >= 4 is 69.0 Å². The number of methoxy groups -OCH3 is 1. The van der Waals surface area contributed by atoms with E-state index in [9.17, 15) is 14.4 Å². The fourth-order valence-electron chi connectivity index (χ4n) is 3.10. The van der Waals surface area contributed by atoms with Crippen LogP contribution in [0, 0.1) is 5.92 Å². The quantitative estimate of drug-likeness (QED) is 0.603. The molecule has 0 saturated carbocycles. The van der Waals surface area contributed by atoms with Gasteiger partial charge in [0.25, 0.3) is 5.91 Å². The van der Waals surface area contributed by atoms with E-state index in [1.54, 1.807) is 0 Å². The van der Waals surface area contributed by atoms with Crippen LogP contribution < -0.4 is 5.32 Å². The summed E-state index contributed by atoms with van der Waals surface area (Å²) in [5.41, 5.74) is 1.01. The van der Waals surface area contributed by atoms with Crippen molar-refractivity contribution in [2.45, 2.75) is 26.2 Å². The Labute approximate surface area is 191 Å². The van der Waals surface area contributed by atoms with Gasteiger partial charge in [0, 0.05) is 11.1 Å². The molecule has 1 atom stereocenters. The number of esters is 2. The molecule has 1 aliphatic rings. The lowest BCUT2D eigenvalue weighted by molar-refractivity contribution is -0.119. The summed E-state index contributed by atoms with van der Waals surface area (Å²) in [4.78, 5) is 41.7. The summed E-state index contributed by atoms with van der Waals surface area (Å²) < 4.78 is 9.86. The van der Waals surface area contributed by atoms with Gasteiger partial charge in [0.1, 0.15) is 5.00 Å². The molecule has 0 radical (unpaired) electrons. The minimum Gasteiger partial charge on any atom is -0.465 e. The third-order valence-corrected chi connectivity index (χ3v) is 7.01. The molecule has 0 aromatic carbocycles. The van der Waals surface area contributed by atoms with E-state index in [2.05, 4.69) is 17.2 Å². The molecule has 30 heavy (non-hydrogen) atoms. The van der Waals surface area contributed by atoms with Gasteiger partial charge in [-0.2, -0.15) is 0 Å². The third-order valence-electron chi connectivity index (χ3n) is 4.60. The van der Waals surface area contributed by atoms with Crippen molar-refractivity contribution in [2.24, 2.45) is 5.92 Å². The Morgan fingerprint density at radius 1 is 1.23 bits per heavy atom. The van der Waals surface area contributed by atoms with E-state index < -0.39 is 24.5 Å². The number of thiophene rings is 1. The predicted molar refractivity (Wildman–Crippen MR) is 115 cm³/mol. The van der Waals surface area contributed by atoms with Gasteiger partial charge in [-0.25, -0.2) is 14.6 Å². The van der Waals surface area contributed by atoms with Gasteiger partial charge in [-0.05, 0) is 30.7 Å². The standard InChI is InChI=1S/C19H17Cl3N2O5S/c1-8-3-4-9-11(5-8)30-17(13(9)18(26)28-2)24-12(25)7-29-19(27)16-15(22)14(21)10(20)6-23-16/h6,8H,3-5,7H2,1-2H3,(H,24,25). The normalized spacial score (nSPS) is 15.3. The Morgan fingerprint density at radius 2 is 1.97 bits per heavy atom. The number of fused-ring (bicyclic) bond motifs is 1.